The molecule has 0 spiro atoms. The molecule has 6 heteroatoms. The van der Waals surface area contributed by atoms with Crippen LogP contribution in [0.1, 0.15) is 17.5 Å². The van der Waals surface area contributed by atoms with E-state index in [1.165, 1.54) is 11.3 Å². The number of aliphatic carboxylic acids is 1. The lowest BCUT2D eigenvalue weighted by Gasteiger charge is -2.26. The van der Waals surface area contributed by atoms with Gasteiger partial charge in [-0.3, -0.25) is 10.1 Å². The maximum atomic E-state index is 10.8. The second-order valence-electron chi connectivity index (χ2n) is 3.01. The molecule has 0 aromatic carbocycles. The van der Waals surface area contributed by atoms with Crippen LogP contribution in [0, 0.1) is 0 Å². The van der Waals surface area contributed by atoms with Crippen molar-refractivity contribution in [3.63, 3.8) is 0 Å². The fraction of sp³-hybridized carbons (Fsp3) is 0.500. The number of hydrogen-bond acceptors (Lipinski definition) is 5. The molecule has 14 heavy (non-hydrogen) atoms. The molecule has 2 heterocycles. The van der Waals surface area contributed by atoms with Gasteiger partial charge in [0.2, 0.25) is 0 Å². The summed E-state index contributed by atoms with van der Waals surface area (Å²) in [4.78, 5) is 15.0. The molecule has 1 aliphatic rings. The molecule has 2 rings (SSSR count). The van der Waals surface area contributed by atoms with E-state index >= 15 is 0 Å². The Balaban J connectivity index is 2.04. The Morgan fingerprint density at radius 3 is 3.21 bits per heavy atom. The number of carbonyl (C=O) groups is 1. The maximum Gasteiger partial charge on any atom is 0.320 e. The van der Waals surface area contributed by atoms with Gasteiger partial charge in [-0.05, 0) is 12.2 Å². The van der Waals surface area contributed by atoms with Crippen LogP contribution in [0.15, 0.2) is 10.9 Å². The summed E-state index contributed by atoms with van der Waals surface area (Å²) in [5.41, 5.74) is 2.70. The van der Waals surface area contributed by atoms with Gasteiger partial charge >= 0.3 is 5.97 Å². The van der Waals surface area contributed by atoms with Gasteiger partial charge in [-0.1, -0.05) is 0 Å². The minimum Gasteiger partial charge on any atom is -0.480 e. The first-order valence-corrected chi connectivity index (χ1v) is 6.25. The van der Waals surface area contributed by atoms with E-state index in [-0.39, 0.29) is 5.37 Å². The second-order valence-corrected chi connectivity index (χ2v) is 4.94. The molecule has 2 N–H and O–H groups in total. The number of aromatic nitrogens is 1. The fourth-order valence-corrected chi connectivity index (χ4v) is 3.17. The molecule has 1 fully saturated rings. The van der Waals surface area contributed by atoms with Crippen molar-refractivity contribution in [1.29, 1.82) is 0 Å². The van der Waals surface area contributed by atoms with Crippen molar-refractivity contribution in [2.24, 2.45) is 0 Å². The third-order valence-electron chi connectivity index (χ3n) is 2.06. The number of carboxylic acid groups (broad SMARTS) is 1. The highest BCUT2D eigenvalue weighted by atomic mass is 32.2. The highest BCUT2D eigenvalue weighted by Crippen LogP contribution is 2.31. The first-order chi connectivity index (χ1) is 6.77. The Bertz CT molecular complexity index is 315. The summed E-state index contributed by atoms with van der Waals surface area (Å²) in [5.74, 6) is 0.0946. The molecule has 1 aromatic rings. The molecule has 0 bridgehead atoms. The summed E-state index contributed by atoms with van der Waals surface area (Å²) in [6.45, 7) is 0. The minimum atomic E-state index is -0.773. The van der Waals surface area contributed by atoms with Crippen molar-refractivity contribution in [2.45, 2.75) is 17.8 Å². The van der Waals surface area contributed by atoms with Gasteiger partial charge in [-0.25, -0.2) is 4.98 Å². The van der Waals surface area contributed by atoms with E-state index in [1.807, 2.05) is 5.38 Å². The van der Waals surface area contributed by atoms with Gasteiger partial charge in [0, 0.05) is 5.38 Å². The second kappa shape index (κ2) is 4.29. The highest BCUT2D eigenvalue weighted by molar-refractivity contribution is 7.99. The SMILES string of the molecule is O=C(O)C1CCSC(c2cscn2)N1. The topological polar surface area (TPSA) is 62.2 Å². The zero-order valence-electron chi connectivity index (χ0n) is 7.34. The smallest absolute Gasteiger partial charge is 0.320 e. The molecule has 1 aromatic heterocycles. The fourth-order valence-electron chi connectivity index (χ4n) is 1.33. The Morgan fingerprint density at radius 2 is 2.57 bits per heavy atom. The molecule has 0 saturated carbocycles. The summed E-state index contributed by atoms with van der Waals surface area (Å²) >= 11 is 3.24. The number of thiazole rings is 1. The van der Waals surface area contributed by atoms with Crippen molar-refractivity contribution in [3.8, 4) is 0 Å². The molecular formula is C8H10N2O2S2. The van der Waals surface area contributed by atoms with E-state index in [1.54, 1.807) is 17.3 Å². The summed E-state index contributed by atoms with van der Waals surface area (Å²) < 4.78 is 0. The van der Waals surface area contributed by atoms with Gasteiger partial charge in [-0.15, -0.1) is 23.1 Å². The van der Waals surface area contributed by atoms with Crippen LogP contribution in [0.5, 0.6) is 0 Å². The molecule has 2 atom stereocenters. The van der Waals surface area contributed by atoms with E-state index in [2.05, 4.69) is 10.3 Å². The third kappa shape index (κ3) is 2.08. The van der Waals surface area contributed by atoms with Crippen LogP contribution in [0.3, 0.4) is 0 Å². The van der Waals surface area contributed by atoms with E-state index in [0.717, 1.165) is 11.4 Å². The number of hydrogen-bond donors (Lipinski definition) is 2. The maximum absolute atomic E-state index is 10.8. The summed E-state index contributed by atoms with van der Waals surface area (Å²) in [5, 5.41) is 13.9. The van der Waals surface area contributed by atoms with E-state index in [4.69, 9.17) is 5.11 Å². The Labute approximate surface area is 89.7 Å². The van der Waals surface area contributed by atoms with Crippen LogP contribution in [0.2, 0.25) is 0 Å². The molecular weight excluding hydrogens is 220 g/mol. The van der Waals surface area contributed by atoms with Gasteiger partial charge in [0.05, 0.1) is 16.6 Å². The van der Waals surface area contributed by atoms with Crippen LogP contribution in [-0.4, -0.2) is 27.9 Å². The third-order valence-corrected chi connectivity index (χ3v) is 3.85. The van der Waals surface area contributed by atoms with E-state index < -0.39 is 12.0 Å². The number of thioether (sulfide) groups is 1. The summed E-state index contributed by atoms with van der Waals surface area (Å²) in [6.07, 6.45) is 0.681. The van der Waals surface area contributed by atoms with Gasteiger partial charge < -0.3 is 5.11 Å². The lowest BCUT2D eigenvalue weighted by Crippen LogP contribution is -2.41. The average molecular weight is 230 g/mol. The highest BCUT2D eigenvalue weighted by Gasteiger charge is 2.27. The van der Waals surface area contributed by atoms with Gasteiger partial charge in [-0.2, -0.15) is 0 Å². The normalized spacial score (nSPS) is 27.4. The predicted molar refractivity (Wildman–Crippen MR) is 56.5 cm³/mol. The van der Waals surface area contributed by atoms with E-state index in [9.17, 15) is 4.79 Å². The van der Waals surface area contributed by atoms with Crippen LogP contribution in [0.4, 0.5) is 0 Å². The van der Waals surface area contributed by atoms with Gasteiger partial charge in [0.1, 0.15) is 6.04 Å². The van der Waals surface area contributed by atoms with E-state index in [0.29, 0.717) is 6.42 Å². The standard InChI is InChI=1S/C8H10N2O2S2/c11-8(12)5-1-2-14-7(10-5)6-3-13-4-9-6/h3-5,7,10H,1-2H2,(H,11,12). The van der Waals surface area contributed by atoms with Gasteiger partial charge in [0.25, 0.3) is 0 Å². The molecule has 2 unspecified atom stereocenters. The Hall–Kier alpha value is -0.590. The Morgan fingerprint density at radius 1 is 1.71 bits per heavy atom. The van der Waals surface area contributed by atoms with Crippen molar-refractivity contribution in [1.82, 2.24) is 10.3 Å². The zero-order chi connectivity index (χ0) is 9.97. The lowest BCUT2D eigenvalue weighted by atomic mass is 10.2. The number of nitrogens with one attached hydrogen (secondary N) is 1. The molecule has 4 nitrogen and oxygen atoms in total. The molecule has 1 saturated heterocycles. The molecule has 0 radical (unpaired) electrons. The predicted octanol–water partition coefficient (Wildman–Crippen LogP) is 1.32. The average Bonchev–Trinajstić information content (AvgIpc) is 2.71. The quantitative estimate of drug-likeness (QED) is 0.802. The number of carboxylic acids is 1. The summed E-state index contributed by atoms with van der Waals surface area (Å²) in [7, 11) is 0. The van der Waals surface area contributed by atoms with Crippen LogP contribution < -0.4 is 5.32 Å². The van der Waals surface area contributed by atoms with Crippen molar-refractivity contribution < 1.29 is 9.90 Å². The summed E-state index contributed by atoms with van der Waals surface area (Å²) in [6, 6.07) is -0.428. The van der Waals surface area contributed by atoms with Gasteiger partial charge in [0.15, 0.2) is 0 Å². The number of nitrogens with zero attached hydrogens (tertiary/aromatic N) is 1. The zero-order valence-corrected chi connectivity index (χ0v) is 8.98. The first-order valence-electron chi connectivity index (χ1n) is 4.26. The van der Waals surface area contributed by atoms with Crippen LogP contribution in [-0.2, 0) is 4.79 Å². The van der Waals surface area contributed by atoms with Crippen molar-refractivity contribution in [2.75, 3.05) is 5.75 Å². The van der Waals surface area contributed by atoms with Crippen molar-refractivity contribution >= 4 is 29.1 Å². The largest absolute Gasteiger partial charge is 0.480 e. The van der Waals surface area contributed by atoms with Crippen LogP contribution >= 0.6 is 23.1 Å². The number of rotatable bonds is 2. The molecule has 0 aliphatic carbocycles. The monoisotopic (exact) mass is 230 g/mol. The van der Waals surface area contributed by atoms with Crippen molar-refractivity contribution in [3.05, 3.63) is 16.6 Å². The Kier molecular flexibility index (Phi) is 3.05. The van der Waals surface area contributed by atoms with Crippen LogP contribution in [0.25, 0.3) is 0 Å². The first kappa shape index (κ1) is 9.95. The molecule has 76 valence electrons. The molecule has 1 aliphatic heterocycles. The minimum absolute atomic E-state index is 0.0381. The molecule has 0 amide bonds. The lowest BCUT2D eigenvalue weighted by molar-refractivity contribution is -0.139.